The minimum atomic E-state index is -0.437. The smallest absolute Gasteiger partial charge is 0.239 e. The highest BCUT2D eigenvalue weighted by atomic mass is 35.5. The van der Waals surface area contributed by atoms with Gasteiger partial charge in [-0.15, -0.1) is 12.4 Å². The van der Waals surface area contributed by atoms with Gasteiger partial charge in [0.2, 0.25) is 5.91 Å². The molecule has 6 heteroatoms. The van der Waals surface area contributed by atoms with Crippen LogP contribution in [0, 0.1) is 0 Å². The van der Waals surface area contributed by atoms with Crippen LogP contribution in [0.25, 0.3) is 0 Å². The Labute approximate surface area is 166 Å². The van der Waals surface area contributed by atoms with Crippen molar-refractivity contribution in [2.75, 3.05) is 26.2 Å². The normalized spacial score (nSPS) is 17.3. The minimum absolute atomic E-state index is 0. The van der Waals surface area contributed by atoms with Crippen molar-refractivity contribution in [1.82, 2.24) is 9.80 Å². The Hall–Kier alpha value is -1.59. The monoisotopic (exact) mass is 393 g/mol. The van der Waals surface area contributed by atoms with Gasteiger partial charge >= 0.3 is 0 Å². The van der Waals surface area contributed by atoms with E-state index in [0.717, 1.165) is 18.1 Å². The van der Waals surface area contributed by atoms with Gasteiger partial charge in [0.05, 0.1) is 12.1 Å². The van der Waals surface area contributed by atoms with Gasteiger partial charge in [0.25, 0.3) is 0 Å². The molecule has 1 saturated heterocycles. The van der Waals surface area contributed by atoms with Crippen molar-refractivity contribution in [2.45, 2.75) is 19.0 Å². The van der Waals surface area contributed by atoms with Crippen LogP contribution in [-0.4, -0.2) is 47.9 Å². The average Bonchev–Trinajstić information content (AvgIpc) is 2.64. The molecule has 4 nitrogen and oxygen atoms in total. The highest BCUT2D eigenvalue weighted by Gasteiger charge is 2.28. The van der Waals surface area contributed by atoms with Crippen molar-refractivity contribution in [3.8, 4) is 0 Å². The van der Waals surface area contributed by atoms with Crippen LogP contribution < -0.4 is 5.73 Å². The molecule has 1 aliphatic rings. The Balaban J connectivity index is 0.00000243. The van der Waals surface area contributed by atoms with Crippen LogP contribution in [0.3, 0.4) is 0 Å². The van der Waals surface area contributed by atoms with Gasteiger partial charge < -0.3 is 10.6 Å². The van der Waals surface area contributed by atoms with Crippen LogP contribution in [0.1, 0.15) is 24.1 Å². The molecule has 0 spiro atoms. The van der Waals surface area contributed by atoms with Gasteiger partial charge in [-0.2, -0.15) is 0 Å². The van der Waals surface area contributed by atoms with Gasteiger partial charge in [-0.3, -0.25) is 9.69 Å². The predicted molar refractivity (Wildman–Crippen MR) is 109 cm³/mol. The zero-order valence-electron chi connectivity index (χ0n) is 14.8. The van der Waals surface area contributed by atoms with E-state index in [0.29, 0.717) is 13.1 Å². The molecular weight excluding hydrogens is 369 g/mol. The maximum Gasteiger partial charge on any atom is 0.239 e. The van der Waals surface area contributed by atoms with Gasteiger partial charge in [-0.25, -0.2) is 0 Å². The molecular formula is C20H25Cl2N3O. The first kappa shape index (κ1) is 20.7. The summed E-state index contributed by atoms with van der Waals surface area (Å²) in [5.41, 5.74) is 8.20. The van der Waals surface area contributed by atoms with E-state index in [2.05, 4.69) is 41.3 Å². The van der Waals surface area contributed by atoms with E-state index in [1.165, 1.54) is 11.1 Å². The first-order valence-electron chi connectivity index (χ1n) is 8.65. The fourth-order valence-electron chi connectivity index (χ4n) is 3.38. The van der Waals surface area contributed by atoms with Crippen molar-refractivity contribution >= 4 is 29.9 Å². The second-order valence-electron chi connectivity index (χ2n) is 6.51. The van der Waals surface area contributed by atoms with E-state index in [1.54, 1.807) is 6.92 Å². The van der Waals surface area contributed by atoms with Gasteiger partial charge in [0, 0.05) is 31.2 Å². The Bertz CT molecular complexity index is 699. The van der Waals surface area contributed by atoms with Crippen LogP contribution in [0.4, 0.5) is 0 Å². The summed E-state index contributed by atoms with van der Waals surface area (Å²) in [4.78, 5) is 16.4. The van der Waals surface area contributed by atoms with E-state index in [1.807, 2.05) is 23.1 Å². The molecule has 2 N–H and O–H groups in total. The zero-order chi connectivity index (χ0) is 17.8. The quantitative estimate of drug-likeness (QED) is 0.866. The first-order valence-corrected chi connectivity index (χ1v) is 9.03. The van der Waals surface area contributed by atoms with Crippen molar-refractivity contribution in [2.24, 2.45) is 5.73 Å². The number of hydrogen-bond donors (Lipinski definition) is 1. The molecule has 0 saturated carbocycles. The number of halogens is 2. The highest BCUT2D eigenvalue weighted by Crippen LogP contribution is 2.30. The summed E-state index contributed by atoms with van der Waals surface area (Å²) >= 11 is 6.06. The number of benzene rings is 2. The Morgan fingerprint density at radius 3 is 2.04 bits per heavy atom. The Morgan fingerprint density at radius 1 is 0.962 bits per heavy atom. The predicted octanol–water partition coefficient (Wildman–Crippen LogP) is 3.34. The standard InChI is InChI=1S/C20H24ClN3O.ClH/c1-15(22)20(25)24-13-11-23(12-14-24)19(16-5-3-2-4-6-16)17-7-9-18(21)10-8-17;/h2-10,15,19H,11-14,22H2,1H3;1H. The number of amides is 1. The van der Waals surface area contributed by atoms with E-state index in [4.69, 9.17) is 17.3 Å². The molecule has 2 unspecified atom stereocenters. The lowest BCUT2D eigenvalue weighted by atomic mass is 9.96. The van der Waals surface area contributed by atoms with Crippen molar-refractivity contribution in [1.29, 1.82) is 0 Å². The molecule has 2 atom stereocenters. The lowest BCUT2D eigenvalue weighted by Gasteiger charge is -2.40. The molecule has 140 valence electrons. The first-order chi connectivity index (χ1) is 12.1. The topological polar surface area (TPSA) is 49.6 Å². The third-order valence-electron chi connectivity index (χ3n) is 4.68. The third kappa shape index (κ3) is 4.77. The summed E-state index contributed by atoms with van der Waals surface area (Å²) in [5.74, 6) is 0.0300. The summed E-state index contributed by atoms with van der Waals surface area (Å²) in [6.45, 7) is 4.80. The largest absolute Gasteiger partial charge is 0.339 e. The number of carbonyl (C=O) groups is 1. The van der Waals surface area contributed by atoms with Gasteiger partial charge in [-0.1, -0.05) is 54.1 Å². The third-order valence-corrected chi connectivity index (χ3v) is 4.93. The summed E-state index contributed by atoms with van der Waals surface area (Å²) in [5, 5.41) is 0.739. The molecule has 0 aliphatic carbocycles. The van der Waals surface area contributed by atoms with Crippen molar-refractivity contribution in [3.05, 3.63) is 70.7 Å². The number of nitrogens with two attached hydrogens (primary N) is 1. The second kappa shape index (κ2) is 9.38. The molecule has 1 heterocycles. The molecule has 0 bridgehead atoms. The molecule has 1 aliphatic heterocycles. The van der Waals surface area contributed by atoms with E-state index in [-0.39, 0.29) is 24.4 Å². The SMILES string of the molecule is CC(N)C(=O)N1CCN(C(c2ccccc2)c2ccc(Cl)cc2)CC1.Cl. The minimum Gasteiger partial charge on any atom is -0.339 e. The van der Waals surface area contributed by atoms with Crippen molar-refractivity contribution < 1.29 is 4.79 Å². The maximum atomic E-state index is 12.1. The van der Waals surface area contributed by atoms with Crippen molar-refractivity contribution in [3.63, 3.8) is 0 Å². The second-order valence-corrected chi connectivity index (χ2v) is 6.95. The number of carbonyl (C=O) groups excluding carboxylic acids is 1. The summed E-state index contributed by atoms with van der Waals surface area (Å²) < 4.78 is 0. The number of nitrogens with zero attached hydrogens (tertiary/aromatic N) is 2. The van der Waals surface area contributed by atoms with Crippen LogP contribution in [-0.2, 0) is 4.79 Å². The molecule has 1 amide bonds. The van der Waals surface area contributed by atoms with Crippen LogP contribution >= 0.6 is 24.0 Å². The van der Waals surface area contributed by atoms with Gasteiger partial charge in [0.15, 0.2) is 0 Å². The maximum absolute atomic E-state index is 12.1. The molecule has 1 fully saturated rings. The zero-order valence-corrected chi connectivity index (χ0v) is 16.4. The van der Waals surface area contributed by atoms with E-state index < -0.39 is 6.04 Å². The highest BCUT2D eigenvalue weighted by molar-refractivity contribution is 6.30. The molecule has 26 heavy (non-hydrogen) atoms. The van der Waals surface area contributed by atoms with Crippen LogP contribution in [0.2, 0.25) is 5.02 Å². The van der Waals surface area contributed by atoms with E-state index >= 15 is 0 Å². The molecule has 2 aromatic carbocycles. The van der Waals surface area contributed by atoms with Crippen LogP contribution in [0.5, 0.6) is 0 Å². The molecule has 0 aromatic heterocycles. The Morgan fingerprint density at radius 2 is 1.50 bits per heavy atom. The Kier molecular flexibility index (Phi) is 7.47. The molecule has 3 rings (SSSR count). The lowest BCUT2D eigenvalue weighted by Crippen LogP contribution is -2.53. The van der Waals surface area contributed by atoms with Gasteiger partial charge in [0.1, 0.15) is 0 Å². The van der Waals surface area contributed by atoms with Gasteiger partial charge in [-0.05, 0) is 30.2 Å². The fourth-order valence-corrected chi connectivity index (χ4v) is 3.51. The average molecular weight is 394 g/mol. The fraction of sp³-hybridized carbons (Fsp3) is 0.350. The molecule has 0 radical (unpaired) electrons. The number of rotatable bonds is 4. The summed E-state index contributed by atoms with van der Waals surface area (Å²) in [6, 6.07) is 18.2. The lowest BCUT2D eigenvalue weighted by molar-refractivity contribution is -0.134. The van der Waals surface area contributed by atoms with E-state index in [9.17, 15) is 4.79 Å². The molecule has 2 aromatic rings. The summed E-state index contributed by atoms with van der Waals surface area (Å²) in [7, 11) is 0. The summed E-state index contributed by atoms with van der Waals surface area (Å²) in [6.07, 6.45) is 0. The van der Waals surface area contributed by atoms with Crippen LogP contribution in [0.15, 0.2) is 54.6 Å². The number of hydrogen-bond acceptors (Lipinski definition) is 3. The number of piperazine rings is 1.